The van der Waals surface area contributed by atoms with Crippen LogP contribution in [0.1, 0.15) is 59.6 Å². The van der Waals surface area contributed by atoms with Crippen molar-refractivity contribution >= 4 is 0 Å². The molecule has 1 aromatic heterocycles. The van der Waals surface area contributed by atoms with E-state index in [-0.39, 0.29) is 0 Å². The molecule has 0 saturated carbocycles. The van der Waals surface area contributed by atoms with Crippen LogP contribution in [0.5, 0.6) is 0 Å². The van der Waals surface area contributed by atoms with Crippen molar-refractivity contribution in [1.29, 1.82) is 0 Å². The minimum absolute atomic E-state index is 0.360. The summed E-state index contributed by atoms with van der Waals surface area (Å²) in [5.74, 6) is 3.19. The Balaban J connectivity index is 2.80. The van der Waals surface area contributed by atoms with Gasteiger partial charge in [-0.3, -0.25) is 0 Å². The molecule has 0 saturated heterocycles. The van der Waals surface area contributed by atoms with Crippen LogP contribution in [0, 0.1) is 17.3 Å². The Bertz CT molecular complexity index is 387. The van der Waals surface area contributed by atoms with Crippen LogP contribution in [0.2, 0.25) is 0 Å². The van der Waals surface area contributed by atoms with E-state index in [9.17, 15) is 0 Å². The van der Waals surface area contributed by atoms with E-state index in [2.05, 4.69) is 56.3 Å². The first-order valence-electron chi connectivity index (χ1n) is 7.34. The molecule has 19 heavy (non-hydrogen) atoms. The van der Waals surface area contributed by atoms with Crippen LogP contribution >= 0.6 is 0 Å². The van der Waals surface area contributed by atoms with Crippen molar-refractivity contribution < 1.29 is 0 Å². The fourth-order valence-corrected chi connectivity index (χ4v) is 2.68. The summed E-state index contributed by atoms with van der Waals surface area (Å²) >= 11 is 0. The van der Waals surface area contributed by atoms with Gasteiger partial charge in [-0.05, 0) is 23.7 Å². The predicted molar refractivity (Wildman–Crippen MR) is 79.7 cm³/mol. The Hall–Kier alpha value is -0.900. The maximum absolute atomic E-state index is 5.75. The number of aromatic nitrogens is 3. The Morgan fingerprint density at radius 2 is 1.68 bits per heavy atom. The molecule has 1 atom stereocenters. The van der Waals surface area contributed by atoms with Gasteiger partial charge in [0.05, 0.1) is 6.54 Å². The third-order valence-electron chi connectivity index (χ3n) is 3.13. The largest absolute Gasteiger partial charge is 0.324 e. The molecule has 0 radical (unpaired) electrons. The third kappa shape index (κ3) is 5.31. The molecule has 0 aliphatic carbocycles. The quantitative estimate of drug-likeness (QED) is 0.861. The average molecular weight is 266 g/mol. The lowest BCUT2D eigenvalue weighted by atomic mass is 9.84. The van der Waals surface area contributed by atoms with Crippen LogP contribution in [0.4, 0.5) is 0 Å². The molecule has 1 unspecified atom stereocenters. The van der Waals surface area contributed by atoms with Crippen molar-refractivity contribution in [1.82, 2.24) is 14.8 Å². The van der Waals surface area contributed by atoms with Crippen molar-refractivity contribution in [2.24, 2.45) is 23.0 Å². The third-order valence-corrected chi connectivity index (χ3v) is 3.13. The van der Waals surface area contributed by atoms with E-state index in [1.165, 1.54) is 6.42 Å². The molecule has 0 amide bonds. The molecule has 110 valence electrons. The van der Waals surface area contributed by atoms with Crippen LogP contribution < -0.4 is 5.73 Å². The lowest BCUT2D eigenvalue weighted by molar-refractivity contribution is 0.300. The molecule has 2 N–H and O–H groups in total. The van der Waals surface area contributed by atoms with E-state index in [4.69, 9.17) is 5.73 Å². The molecule has 1 rings (SSSR count). The topological polar surface area (TPSA) is 56.7 Å². The number of rotatable bonds is 6. The van der Waals surface area contributed by atoms with E-state index in [1.54, 1.807) is 0 Å². The first-order chi connectivity index (χ1) is 8.73. The molecule has 0 bridgehead atoms. The van der Waals surface area contributed by atoms with Crippen molar-refractivity contribution in [2.75, 3.05) is 0 Å². The van der Waals surface area contributed by atoms with Gasteiger partial charge in [-0.1, -0.05) is 41.5 Å². The van der Waals surface area contributed by atoms with Gasteiger partial charge in [0.15, 0.2) is 0 Å². The molecule has 0 aromatic carbocycles. The van der Waals surface area contributed by atoms with Gasteiger partial charge in [-0.25, -0.2) is 0 Å². The standard InChI is InChI=1S/C15H30N4/c1-11(2)10-19-13(17-18-14(19)9-16)7-12(3)8-15(4,5)6/h11-12H,7-10,16H2,1-6H3. The monoisotopic (exact) mass is 266 g/mol. The normalized spacial score (nSPS) is 14.1. The lowest BCUT2D eigenvalue weighted by Gasteiger charge is -2.23. The van der Waals surface area contributed by atoms with Crippen molar-refractivity contribution in [3.8, 4) is 0 Å². The summed E-state index contributed by atoms with van der Waals surface area (Å²) in [7, 11) is 0. The van der Waals surface area contributed by atoms with E-state index < -0.39 is 0 Å². The van der Waals surface area contributed by atoms with Gasteiger partial charge in [0.1, 0.15) is 11.6 Å². The second-order valence-electron chi connectivity index (χ2n) is 7.32. The fraction of sp³-hybridized carbons (Fsp3) is 0.867. The first-order valence-corrected chi connectivity index (χ1v) is 7.34. The zero-order chi connectivity index (χ0) is 14.6. The number of hydrogen-bond acceptors (Lipinski definition) is 3. The summed E-state index contributed by atoms with van der Waals surface area (Å²) in [5.41, 5.74) is 6.11. The lowest BCUT2D eigenvalue weighted by Crippen LogP contribution is -2.18. The zero-order valence-corrected chi connectivity index (χ0v) is 13.4. The maximum Gasteiger partial charge on any atom is 0.146 e. The zero-order valence-electron chi connectivity index (χ0n) is 13.4. The average Bonchev–Trinajstić information content (AvgIpc) is 2.57. The number of nitrogens with two attached hydrogens (primary N) is 1. The molecule has 4 heteroatoms. The van der Waals surface area contributed by atoms with Crippen LogP contribution in [0.3, 0.4) is 0 Å². The molecular formula is C15H30N4. The summed E-state index contributed by atoms with van der Waals surface area (Å²) in [6.45, 7) is 15.0. The van der Waals surface area contributed by atoms with E-state index in [0.717, 1.165) is 24.6 Å². The van der Waals surface area contributed by atoms with Gasteiger partial charge >= 0.3 is 0 Å². The second-order valence-corrected chi connectivity index (χ2v) is 7.32. The molecule has 0 spiro atoms. The molecule has 1 aromatic rings. The predicted octanol–water partition coefficient (Wildman–Crippen LogP) is 3.01. The highest BCUT2D eigenvalue weighted by atomic mass is 15.3. The highest BCUT2D eigenvalue weighted by Gasteiger charge is 2.19. The molecular weight excluding hydrogens is 236 g/mol. The summed E-state index contributed by atoms with van der Waals surface area (Å²) in [6, 6.07) is 0. The van der Waals surface area contributed by atoms with Crippen molar-refractivity contribution in [3.05, 3.63) is 11.6 Å². The minimum Gasteiger partial charge on any atom is -0.324 e. The number of hydrogen-bond donors (Lipinski definition) is 1. The summed E-state index contributed by atoms with van der Waals surface area (Å²) in [6.07, 6.45) is 2.18. The molecule has 0 fully saturated rings. The van der Waals surface area contributed by atoms with Gasteiger partial charge in [0.25, 0.3) is 0 Å². The Morgan fingerprint density at radius 1 is 1.11 bits per heavy atom. The van der Waals surface area contributed by atoms with Gasteiger partial charge in [0.2, 0.25) is 0 Å². The second kappa shape index (κ2) is 6.51. The van der Waals surface area contributed by atoms with E-state index in [0.29, 0.717) is 23.8 Å². The fourth-order valence-electron chi connectivity index (χ4n) is 2.68. The van der Waals surface area contributed by atoms with Gasteiger partial charge in [0, 0.05) is 13.0 Å². The molecule has 0 aliphatic heterocycles. The Morgan fingerprint density at radius 3 is 2.16 bits per heavy atom. The highest BCUT2D eigenvalue weighted by Crippen LogP contribution is 2.26. The van der Waals surface area contributed by atoms with Gasteiger partial charge in [-0.2, -0.15) is 0 Å². The smallest absolute Gasteiger partial charge is 0.146 e. The van der Waals surface area contributed by atoms with Crippen LogP contribution in [0.15, 0.2) is 0 Å². The van der Waals surface area contributed by atoms with Crippen molar-refractivity contribution in [3.63, 3.8) is 0 Å². The van der Waals surface area contributed by atoms with Crippen molar-refractivity contribution in [2.45, 2.75) is 67.5 Å². The van der Waals surface area contributed by atoms with Gasteiger partial charge in [-0.15, -0.1) is 10.2 Å². The summed E-state index contributed by atoms with van der Waals surface area (Å²) in [5, 5.41) is 8.57. The summed E-state index contributed by atoms with van der Waals surface area (Å²) < 4.78 is 2.21. The van der Waals surface area contributed by atoms with Crippen LogP contribution in [0.25, 0.3) is 0 Å². The van der Waals surface area contributed by atoms with Crippen LogP contribution in [-0.4, -0.2) is 14.8 Å². The van der Waals surface area contributed by atoms with Crippen LogP contribution in [-0.2, 0) is 19.5 Å². The summed E-state index contributed by atoms with van der Waals surface area (Å²) in [4.78, 5) is 0. The highest BCUT2D eigenvalue weighted by molar-refractivity contribution is 4.97. The molecule has 4 nitrogen and oxygen atoms in total. The molecule has 1 heterocycles. The minimum atomic E-state index is 0.360. The van der Waals surface area contributed by atoms with Gasteiger partial charge < -0.3 is 10.3 Å². The first kappa shape index (κ1) is 16.2. The number of nitrogens with zero attached hydrogens (tertiary/aromatic N) is 3. The van der Waals surface area contributed by atoms with E-state index in [1.807, 2.05) is 0 Å². The maximum atomic E-state index is 5.75. The molecule has 0 aliphatic rings. The Kier molecular flexibility index (Phi) is 5.53. The SMILES string of the molecule is CC(C)Cn1c(CN)nnc1CC(C)CC(C)(C)C. The van der Waals surface area contributed by atoms with E-state index >= 15 is 0 Å². The Labute approximate surface area is 117 Å².